The Balaban J connectivity index is 2.13. The molecule has 1 aliphatic rings. The highest BCUT2D eigenvalue weighted by Gasteiger charge is 2.38. The van der Waals surface area contributed by atoms with Crippen LogP contribution in [-0.4, -0.2) is 49.8 Å². The molecular weight excluding hydrogens is 424 g/mol. The predicted molar refractivity (Wildman–Crippen MR) is 118 cm³/mol. The zero-order valence-corrected chi connectivity index (χ0v) is 18.9. The lowest BCUT2D eigenvalue weighted by Crippen LogP contribution is -2.36. The number of hydrogen-bond acceptors (Lipinski definition) is 7. The van der Waals surface area contributed by atoms with Crippen molar-refractivity contribution in [1.82, 2.24) is 0 Å². The number of carbonyl (C=O) groups excluding carboxylic acids is 1. The van der Waals surface area contributed by atoms with Crippen LogP contribution in [0.4, 0.5) is 11.4 Å². The maximum Gasteiger partial charge on any atom is 0.269 e. The van der Waals surface area contributed by atoms with Crippen LogP contribution in [0.3, 0.4) is 0 Å². The van der Waals surface area contributed by atoms with Crippen molar-refractivity contribution >= 4 is 32.9 Å². The molecule has 3 rings (SSSR count). The van der Waals surface area contributed by atoms with Gasteiger partial charge >= 0.3 is 0 Å². The molecular formula is C21H24N2O7S. The molecule has 0 atom stereocenters. The predicted octanol–water partition coefficient (Wildman–Crippen LogP) is 2.87. The van der Waals surface area contributed by atoms with E-state index in [-0.39, 0.29) is 4.91 Å². The molecule has 0 saturated heterocycles. The van der Waals surface area contributed by atoms with Crippen LogP contribution >= 0.6 is 0 Å². The molecule has 0 unspecified atom stereocenters. The molecule has 0 spiro atoms. The molecule has 1 aliphatic heterocycles. The molecule has 0 aliphatic carbocycles. The van der Waals surface area contributed by atoms with Gasteiger partial charge in [-0.1, -0.05) is 0 Å². The van der Waals surface area contributed by atoms with Crippen LogP contribution in [0.1, 0.15) is 12.5 Å². The Kier molecular flexibility index (Phi) is 6.03. The van der Waals surface area contributed by atoms with Crippen molar-refractivity contribution in [2.45, 2.75) is 6.92 Å². The first-order valence-corrected chi connectivity index (χ1v) is 10.6. The Morgan fingerprint density at radius 1 is 0.903 bits per heavy atom. The van der Waals surface area contributed by atoms with E-state index in [4.69, 9.17) is 18.9 Å². The van der Waals surface area contributed by atoms with Crippen molar-refractivity contribution in [3.05, 3.63) is 40.8 Å². The van der Waals surface area contributed by atoms with Crippen LogP contribution in [0.15, 0.2) is 35.2 Å². The van der Waals surface area contributed by atoms with E-state index < -0.39 is 15.9 Å². The molecule has 0 fully saturated rings. The second kappa shape index (κ2) is 8.38. The van der Waals surface area contributed by atoms with Gasteiger partial charge in [-0.3, -0.25) is 9.10 Å². The molecule has 2 aromatic carbocycles. The average Bonchev–Trinajstić information content (AvgIpc) is 2.76. The van der Waals surface area contributed by atoms with Crippen molar-refractivity contribution in [3.63, 3.8) is 0 Å². The van der Waals surface area contributed by atoms with Crippen molar-refractivity contribution in [2.24, 2.45) is 0 Å². The van der Waals surface area contributed by atoms with Crippen LogP contribution in [0.2, 0.25) is 0 Å². The van der Waals surface area contributed by atoms with Gasteiger partial charge in [0.05, 0.1) is 39.8 Å². The summed E-state index contributed by atoms with van der Waals surface area (Å²) in [7, 11) is 3.15. The Labute approximate surface area is 181 Å². The van der Waals surface area contributed by atoms with E-state index in [1.807, 2.05) is 0 Å². The molecule has 10 heteroatoms. The number of anilines is 2. The molecule has 0 saturated carbocycles. The number of rotatable bonds is 6. The molecule has 0 radical (unpaired) electrons. The minimum absolute atomic E-state index is 0.291. The summed E-state index contributed by atoms with van der Waals surface area (Å²) in [6, 6.07) is 8.01. The molecule has 0 bridgehead atoms. The van der Waals surface area contributed by atoms with Crippen LogP contribution in [0.25, 0.3) is 5.57 Å². The third-order valence-corrected chi connectivity index (χ3v) is 6.99. The Morgan fingerprint density at radius 3 is 2.10 bits per heavy atom. The number of carbonyl (C=O) groups is 1. The number of ether oxygens (including phenoxy) is 4. The minimum Gasteiger partial charge on any atom is -0.497 e. The van der Waals surface area contributed by atoms with Gasteiger partial charge < -0.3 is 24.3 Å². The van der Waals surface area contributed by atoms with E-state index >= 15 is 0 Å². The van der Waals surface area contributed by atoms with E-state index in [0.717, 1.165) is 4.31 Å². The largest absolute Gasteiger partial charge is 0.497 e. The fourth-order valence-electron chi connectivity index (χ4n) is 3.38. The molecule has 166 valence electrons. The molecule has 31 heavy (non-hydrogen) atoms. The first-order chi connectivity index (χ1) is 14.7. The van der Waals surface area contributed by atoms with E-state index in [2.05, 4.69) is 5.32 Å². The van der Waals surface area contributed by atoms with Crippen LogP contribution < -0.4 is 28.6 Å². The number of hydrogen-bond donors (Lipinski definition) is 1. The molecule has 1 N–H and O–H groups in total. The van der Waals surface area contributed by atoms with Crippen molar-refractivity contribution in [1.29, 1.82) is 0 Å². The summed E-state index contributed by atoms with van der Waals surface area (Å²) in [5.74, 6) is 0.884. The highest BCUT2D eigenvalue weighted by molar-refractivity contribution is 7.97. The van der Waals surface area contributed by atoms with Gasteiger partial charge in [-0.2, -0.15) is 0 Å². The lowest BCUT2D eigenvalue weighted by Gasteiger charge is -2.30. The van der Waals surface area contributed by atoms with Crippen LogP contribution in [0.5, 0.6) is 23.0 Å². The number of amides is 1. The Morgan fingerprint density at radius 2 is 1.52 bits per heavy atom. The molecule has 0 aromatic heterocycles. The summed E-state index contributed by atoms with van der Waals surface area (Å²) in [5, 5.41) is 2.63. The van der Waals surface area contributed by atoms with Gasteiger partial charge in [0, 0.05) is 24.7 Å². The highest BCUT2D eigenvalue weighted by Crippen LogP contribution is 2.44. The maximum atomic E-state index is 13.2. The number of allylic oxidation sites excluding steroid dienone is 1. The monoisotopic (exact) mass is 448 g/mol. The first kappa shape index (κ1) is 22.3. The lowest BCUT2D eigenvalue weighted by atomic mass is 10.0. The zero-order valence-electron chi connectivity index (χ0n) is 18.1. The van der Waals surface area contributed by atoms with Crippen molar-refractivity contribution in [2.75, 3.05) is 45.1 Å². The Hall–Kier alpha value is -3.40. The number of sulfonamides is 1. The van der Waals surface area contributed by atoms with Crippen LogP contribution in [-0.2, 0) is 14.8 Å². The zero-order chi connectivity index (χ0) is 22.9. The second-order valence-electron chi connectivity index (χ2n) is 6.67. The van der Waals surface area contributed by atoms with Gasteiger partial charge in [0.2, 0.25) is 0 Å². The van der Waals surface area contributed by atoms with Crippen molar-refractivity contribution in [3.8, 4) is 23.0 Å². The van der Waals surface area contributed by atoms with E-state index in [1.165, 1.54) is 35.5 Å². The van der Waals surface area contributed by atoms with Gasteiger partial charge in [-0.05, 0) is 30.7 Å². The molecule has 2 aromatic rings. The second-order valence-corrected chi connectivity index (χ2v) is 8.58. The standard InChI is InChI=1S/C21H24N2O7S/c1-12-14-10-18(29-5)19(30-6)11-16(14)23(2)31(25,26)20(12)21(24)22-15-8-7-13(27-3)9-17(15)28-4/h7-11H,1-6H3,(H,22,24). The molecule has 9 nitrogen and oxygen atoms in total. The van der Waals surface area contributed by atoms with Gasteiger partial charge in [-0.15, -0.1) is 0 Å². The third kappa shape index (κ3) is 3.74. The summed E-state index contributed by atoms with van der Waals surface area (Å²) in [6.45, 7) is 1.58. The highest BCUT2D eigenvalue weighted by atomic mass is 32.2. The third-order valence-electron chi connectivity index (χ3n) is 5.07. The van der Waals surface area contributed by atoms with E-state index in [0.29, 0.717) is 45.5 Å². The maximum absolute atomic E-state index is 13.2. The van der Waals surface area contributed by atoms with Gasteiger partial charge in [0.15, 0.2) is 16.4 Å². The number of nitrogens with one attached hydrogen (secondary N) is 1. The summed E-state index contributed by atoms with van der Waals surface area (Å²) < 4.78 is 48.5. The van der Waals surface area contributed by atoms with Crippen molar-refractivity contribution < 1.29 is 32.2 Å². The Bertz CT molecular complexity index is 1170. The fraction of sp³-hybridized carbons (Fsp3) is 0.286. The van der Waals surface area contributed by atoms with E-state index in [1.54, 1.807) is 37.3 Å². The lowest BCUT2D eigenvalue weighted by molar-refractivity contribution is -0.112. The number of nitrogens with zero attached hydrogens (tertiary/aromatic N) is 1. The normalized spacial score (nSPS) is 14.6. The SMILES string of the molecule is COc1ccc(NC(=O)C2=C(C)c3cc(OC)c(OC)cc3N(C)S2(=O)=O)c(OC)c1. The van der Waals surface area contributed by atoms with Gasteiger partial charge in [0.25, 0.3) is 15.9 Å². The topological polar surface area (TPSA) is 103 Å². The number of benzene rings is 2. The minimum atomic E-state index is -4.12. The molecule has 1 amide bonds. The van der Waals surface area contributed by atoms with E-state index in [9.17, 15) is 13.2 Å². The van der Waals surface area contributed by atoms with Gasteiger partial charge in [0.1, 0.15) is 11.5 Å². The summed E-state index contributed by atoms with van der Waals surface area (Å²) in [5.41, 5.74) is 1.53. The smallest absolute Gasteiger partial charge is 0.269 e. The van der Waals surface area contributed by atoms with Crippen LogP contribution in [0, 0.1) is 0 Å². The number of methoxy groups -OCH3 is 4. The first-order valence-electron chi connectivity index (χ1n) is 9.19. The average molecular weight is 448 g/mol. The quantitative estimate of drug-likeness (QED) is 0.725. The fourth-order valence-corrected chi connectivity index (χ4v) is 4.85. The number of fused-ring (bicyclic) bond motifs is 1. The van der Waals surface area contributed by atoms with Gasteiger partial charge in [-0.25, -0.2) is 8.42 Å². The summed E-state index contributed by atoms with van der Waals surface area (Å²) in [4.78, 5) is 12.8. The molecule has 1 heterocycles. The summed E-state index contributed by atoms with van der Waals surface area (Å²) in [6.07, 6.45) is 0. The summed E-state index contributed by atoms with van der Waals surface area (Å²) >= 11 is 0.